The van der Waals surface area contributed by atoms with Gasteiger partial charge < -0.3 is 10.4 Å². The monoisotopic (exact) mass is 323 g/mol. The molecule has 0 saturated heterocycles. The molecule has 1 aliphatic rings. The molecule has 3 rings (SSSR count). The predicted molar refractivity (Wildman–Crippen MR) is 78.3 cm³/mol. The third kappa shape index (κ3) is 2.62. The second-order valence-electron chi connectivity index (χ2n) is 4.56. The summed E-state index contributed by atoms with van der Waals surface area (Å²) in [6, 6.07) is 2.89. The number of thiophene rings is 1. The maximum Gasteiger partial charge on any atom is 0.339 e. The van der Waals surface area contributed by atoms with Crippen molar-refractivity contribution in [3.8, 4) is 0 Å². The molecule has 0 saturated carbocycles. The Kier molecular flexibility index (Phi) is 3.60. The lowest BCUT2D eigenvalue weighted by molar-refractivity contribution is 0.0697. The standard InChI is InChI=1S/C13H10ClN3O3S/c14-9-5-4-7(16-17-9)11(18)15-12-10(13(19)20)6-2-1-3-8(6)21-12/h4-5H,1-3H2,(H,15,18)(H,19,20). The molecule has 2 heterocycles. The summed E-state index contributed by atoms with van der Waals surface area (Å²) < 4.78 is 0. The van der Waals surface area contributed by atoms with Gasteiger partial charge in [-0.15, -0.1) is 21.5 Å². The first-order chi connectivity index (χ1) is 10.1. The number of carbonyl (C=O) groups excluding carboxylic acids is 1. The molecule has 2 aromatic rings. The Hall–Kier alpha value is -1.99. The van der Waals surface area contributed by atoms with Crippen LogP contribution in [-0.4, -0.2) is 27.2 Å². The van der Waals surface area contributed by atoms with Gasteiger partial charge in [0.05, 0.1) is 5.56 Å². The van der Waals surface area contributed by atoms with E-state index in [4.69, 9.17) is 11.6 Å². The summed E-state index contributed by atoms with van der Waals surface area (Å²) in [6.07, 6.45) is 2.55. The molecular formula is C13H10ClN3O3S. The van der Waals surface area contributed by atoms with Gasteiger partial charge in [-0.2, -0.15) is 0 Å². The van der Waals surface area contributed by atoms with E-state index in [1.54, 1.807) is 0 Å². The number of fused-ring (bicyclic) bond motifs is 1. The van der Waals surface area contributed by atoms with Gasteiger partial charge in [-0.3, -0.25) is 4.79 Å². The van der Waals surface area contributed by atoms with E-state index in [9.17, 15) is 14.7 Å². The summed E-state index contributed by atoms with van der Waals surface area (Å²) in [5.74, 6) is -1.52. The van der Waals surface area contributed by atoms with Gasteiger partial charge in [0, 0.05) is 4.88 Å². The molecule has 2 N–H and O–H groups in total. The van der Waals surface area contributed by atoms with Crippen molar-refractivity contribution < 1.29 is 14.7 Å². The molecule has 0 atom stereocenters. The van der Waals surface area contributed by atoms with E-state index in [0.29, 0.717) is 5.00 Å². The quantitative estimate of drug-likeness (QED) is 0.905. The van der Waals surface area contributed by atoms with Crippen molar-refractivity contribution in [2.45, 2.75) is 19.3 Å². The van der Waals surface area contributed by atoms with E-state index in [2.05, 4.69) is 15.5 Å². The molecule has 21 heavy (non-hydrogen) atoms. The zero-order valence-corrected chi connectivity index (χ0v) is 12.3. The fourth-order valence-corrected chi connectivity index (χ4v) is 3.70. The van der Waals surface area contributed by atoms with Crippen molar-refractivity contribution in [2.75, 3.05) is 5.32 Å². The Morgan fingerprint density at radius 1 is 1.29 bits per heavy atom. The highest BCUT2D eigenvalue weighted by atomic mass is 35.5. The Bertz CT molecular complexity index is 727. The number of carbonyl (C=O) groups is 2. The van der Waals surface area contributed by atoms with Gasteiger partial charge in [0.15, 0.2) is 10.8 Å². The van der Waals surface area contributed by atoms with Crippen LogP contribution in [0.4, 0.5) is 5.00 Å². The minimum absolute atomic E-state index is 0.0873. The van der Waals surface area contributed by atoms with Crippen LogP contribution in [0, 0.1) is 0 Å². The number of hydrogen-bond donors (Lipinski definition) is 2. The fraction of sp³-hybridized carbons (Fsp3) is 0.231. The van der Waals surface area contributed by atoms with Crippen LogP contribution in [0.1, 0.15) is 37.7 Å². The van der Waals surface area contributed by atoms with Crippen LogP contribution in [0.5, 0.6) is 0 Å². The van der Waals surface area contributed by atoms with Crippen LogP contribution in [0.25, 0.3) is 0 Å². The number of carboxylic acid groups (broad SMARTS) is 1. The highest BCUT2D eigenvalue weighted by Crippen LogP contribution is 2.39. The van der Waals surface area contributed by atoms with E-state index in [-0.39, 0.29) is 16.4 Å². The number of aromatic nitrogens is 2. The second kappa shape index (κ2) is 5.42. The predicted octanol–water partition coefficient (Wildman–Crippen LogP) is 2.63. The van der Waals surface area contributed by atoms with Crippen molar-refractivity contribution in [3.05, 3.63) is 39.0 Å². The first-order valence-corrected chi connectivity index (χ1v) is 7.44. The van der Waals surface area contributed by atoms with Crippen LogP contribution in [-0.2, 0) is 12.8 Å². The molecule has 8 heteroatoms. The average molecular weight is 324 g/mol. The van der Waals surface area contributed by atoms with Crippen molar-refractivity contribution in [2.24, 2.45) is 0 Å². The molecule has 0 radical (unpaired) electrons. The van der Waals surface area contributed by atoms with Gasteiger partial charge in [0.25, 0.3) is 5.91 Å². The highest BCUT2D eigenvalue weighted by molar-refractivity contribution is 7.17. The summed E-state index contributed by atoms with van der Waals surface area (Å²) in [5, 5.41) is 19.8. The van der Waals surface area contributed by atoms with E-state index >= 15 is 0 Å². The summed E-state index contributed by atoms with van der Waals surface area (Å²) in [7, 11) is 0. The van der Waals surface area contributed by atoms with Crippen molar-refractivity contribution >= 4 is 39.8 Å². The van der Waals surface area contributed by atoms with Gasteiger partial charge in [0.1, 0.15) is 5.00 Å². The summed E-state index contributed by atoms with van der Waals surface area (Å²) >= 11 is 6.93. The van der Waals surface area contributed by atoms with Crippen LogP contribution >= 0.6 is 22.9 Å². The third-order valence-corrected chi connectivity index (χ3v) is 4.64. The van der Waals surface area contributed by atoms with Crippen LogP contribution in [0.3, 0.4) is 0 Å². The lowest BCUT2D eigenvalue weighted by Crippen LogP contribution is -2.15. The van der Waals surface area contributed by atoms with Gasteiger partial charge in [-0.1, -0.05) is 11.6 Å². The fourth-order valence-electron chi connectivity index (χ4n) is 2.32. The topological polar surface area (TPSA) is 92.2 Å². The maximum absolute atomic E-state index is 12.1. The van der Waals surface area contributed by atoms with Gasteiger partial charge >= 0.3 is 5.97 Å². The Labute approximate surface area is 128 Å². The van der Waals surface area contributed by atoms with Gasteiger partial charge in [-0.05, 0) is 37.0 Å². The summed E-state index contributed by atoms with van der Waals surface area (Å²) in [5.41, 5.74) is 1.12. The van der Waals surface area contributed by atoms with Gasteiger partial charge in [-0.25, -0.2) is 4.79 Å². The SMILES string of the molecule is O=C(Nc1sc2c(c1C(=O)O)CCC2)c1ccc(Cl)nn1. The molecule has 0 bridgehead atoms. The van der Waals surface area contributed by atoms with Crippen LogP contribution in [0.2, 0.25) is 5.15 Å². The lowest BCUT2D eigenvalue weighted by Gasteiger charge is -2.04. The Morgan fingerprint density at radius 3 is 2.76 bits per heavy atom. The normalized spacial score (nSPS) is 13.0. The molecule has 6 nitrogen and oxygen atoms in total. The van der Waals surface area contributed by atoms with Crippen LogP contribution in [0.15, 0.2) is 12.1 Å². The van der Waals surface area contributed by atoms with E-state index in [1.807, 2.05) is 0 Å². The number of aryl methyl sites for hydroxylation is 1. The molecule has 2 aromatic heterocycles. The maximum atomic E-state index is 12.1. The first-order valence-electron chi connectivity index (χ1n) is 6.24. The number of anilines is 1. The molecule has 0 unspecified atom stereocenters. The molecule has 0 fully saturated rings. The van der Waals surface area contributed by atoms with Crippen molar-refractivity contribution in [3.63, 3.8) is 0 Å². The molecule has 1 amide bonds. The molecule has 108 valence electrons. The minimum atomic E-state index is -1.02. The number of carboxylic acids is 1. The Morgan fingerprint density at radius 2 is 2.10 bits per heavy atom. The van der Waals surface area contributed by atoms with Gasteiger partial charge in [0.2, 0.25) is 0 Å². The van der Waals surface area contributed by atoms with Crippen molar-refractivity contribution in [1.82, 2.24) is 10.2 Å². The summed E-state index contributed by atoms with van der Waals surface area (Å²) in [4.78, 5) is 24.5. The minimum Gasteiger partial charge on any atom is -0.478 e. The Balaban J connectivity index is 1.90. The third-order valence-electron chi connectivity index (χ3n) is 3.23. The van der Waals surface area contributed by atoms with E-state index in [1.165, 1.54) is 23.5 Å². The first kappa shape index (κ1) is 14.0. The largest absolute Gasteiger partial charge is 0.478 e. The summed E-state index contributed by atoms with van der Waals surface area (Å²) in [6.45, 7) is 0. The molecule has 0 aromatic carbocycles. The molecular weight excluding hydrogens is 314 g/mol. The smallest absolute Gasteiger partial charge is 0.339 e. The number of aromatic carboxylic acids is 1. The van der Waals surface area contributed by atoms with Crippen molar-refractivity contribution in [1.29, 1.82) is 0 Å². The number of hydrogen-bond acceptors (Lipinski definition) is 5. The number of halogens is 1. The number of rotatable bonds is 3. The zero-order chi connectivity index (χ0) is 15.0. The van der Waals surface area contributed by atoms with E-state index in [0.717, 1.165) is 29.7 Å². The van der Waals surface area contributed by atoms with Crippen LogP contribution < -0.4 is 5.32 Å². The molecule has 0 aliphatic heterocycles. The number of nitrogens with zero attached hydrogens (tertiary/aromatic N) is 2. The number of nitrogens with one attached hydrogen (secondary N) is 1. The second-order valence-corrected chi connectivity index (χ2v) is 6.05. The number of amides is 1. The van der Waals surface area contributed by atoms with E-state index < -0.39 is 11.9 Å². The highest BCUT2D eigenvalue weighted by Gasteiger charge is 2.27. The average Bonchev–Trinajstić information content (AvgIpc) is 2.98. The zero-order valence-electron chi connectivity index (χ0n) is 10.7. The lowest BCUT2D eigenvalue weighted by atomic mass is 10.1. The molecule has 0 spiro atoms. The molecule has 1 aliphatic carbocycles.